The molecule has 0 saturated heterocycles. The first-order chi connectivity index (χ1) is 13.1. The molecule has 1 aliphatic rings. The van der Waals surface area contributed by atoms with Crippen LogP contribution in [0.2, 0.25) is 0 Å². The van der Waals surface area contributed by atoms with Gasteiger partial charge in [0.1, 0.15) is 11.6 Å². The zero-order valence-corrected chi connectivity index (χ0v) is 14.8. The molecule has 3 aromatic rings. The first-order valence-corrected chi connectivity index (χ1v) is 8.97. The number of carbonyl (C=O) groups is 1. The highest BCUT2D eigenvalue weighted by atomic mass is 16.5. The van der Waals surface area contributed by atoms with Crippen LogP contribution in [0.25, 0.3) is 11.1 Å². The van der Waals surface area contributed by atoms with E-state index in [0.717, 1.165) is 27.8 Å². The molecule has 0 aliphatic heterocycles. The number of rotatable bonds is 6. The number of aliphatic carboxylic acids is 1. The molecule has 4 rings (SSSR count). The Morgan fingerprint density at radius 1 is 0.889 bits per heavy atom. The van der Waals surface area contributed by atoms with E-state index in [9.17, 15) is 9.90 Å². The fourth-order valence-corrected chi connectivity index (χ4v) is 3.87. The van der Waals surface area contributed by atoms with Gasteiger partial charge in [-0.15, -0.1) is 0 Å². The van der Waals surface area contributed by atoms with Gasteiger partial charge in [-0.2, -0.15) is 0 Å². The zero-order chi connectivity index (χ0) is 18.9. The van der Waals surface area contributed by atoms with Crippen molar-refractivity contribution < 1.29 is 14.6 Å². The third kappa shape index (κ3) is 3.03. The van der Waals surface area contributed by atoms with Gasteiger partial charge in [-0.25, -0.2) is 0 Å². The molecule has 0 saturated carbocycles. The summed E-state index contributed by atoms with van der Waals surface area (Å²) in [6.45, 7) is -0.0646. The lowest BCUT2D eigenvalue weighted by molar-refractivity contribution is -0.141. The van der Waals surface area contributed by atoms with Gasteiger partial charge in [-0.1, -0.05) is 78.9 Å². The standard InChI is InChI=1S/C23H21NO3/c24-21(22(25)26)15-27-23(14-16-8-2-1-3-9-16)19-12-6-4-10-17(19)18-11-5-7-13-20(18)23/h1-13,21H,14-15,24H2,(H,25,26)/t21-/m0/s1. The number of carboxylic acid groups (broad SMARTS) is 1. The number of nitrogens with two attached hydrogens (primary N) is 1. The van der Waals surface area contributed by atoms with Gasteiger partial charge in [-0.05, 0) is 27.8 Å². The average molecular weight is 359 g/mol. The third-order valence-electron chi connectivity index (χ3n) is 5.14. The fraction of sp³-hybridized carbons (Fsp3) is 0.174. The van der Waals surface area contributed by atoms with Crippen LogP contribution in [-0.2, 0) is 21.6 Å². The second kappa shape index (κ2) is 6.99. The third-order valence-corrected chi connectivity index (χ3v) is 5.14. The predicted molar refractivity (Wildman–Crippen MR) is 104 cm³/mol. The molecule has 1 aliphatic carbocycles. The second-order valence-electron chi connectivity index (χ2n) is 6.84. The smallest absolute Gasteiger partial charge is 0.322 e. The molecule has 0 unspecified atom stereocenters. The second-order valence-corrected chi connectivity index (χ2v) is 6.84. The lowest BCUT2D eigenvalue weighted by Gasteiger charge is -2.33. The lowest BCUT2D eigenvalue weighted by Crippen LogP contribution is -2.41. The summed E-state index contributed by atoms with van der Waals surface area (Å²) in [5, 5.41) is 9.22. The van der Waals surface area contributed by atoms with Gasteiger partial charge in [0.05, 0.1) is 6.61 Å². The summed E-state index contributed by atoms with van der Waals surface area (Å²) >= 11 is 0. The van der Waals surface area contributed by atoms with Crippen LogP contribution in [0.3, 0.4) is 0 Å². The first-order valence-electron chi connectivity index (χ1n) is 8.97. The summed E-state index contributed by atoms with van der Waals surface area (Å²) < 4.78 is 6.36. The highest BCUT2D eigenvalue weighted by molar-refractivity contribution is 5.80. The Hall–Kier alpha value is -2.95. The molecule has 0 fully saturated rings. The molecule has 4 heteroatoms. The van der Waals surface area contributed by atoms with Crippen molar-refractivity contribution in [1.82, 2.24) is 0 Å². The zero-order valence-electron chi connectivity index (χ0n) is 14.8. The Kier molecular flexibility index (Phi) is 4.52. The molecule has 0 amide bonds. The molecule has 1 atom stereocenters. The Bertz CT molecular complexity index is 923. The van der Waals surface area contributed by atoms with Gasteiger partial charge in [0, 0.05) is 6.42 Å². The van der Waals surface area contributed by atoms with Crippen molar-refractivity contribution in [3.05, 3.63) is 95.6 Å². The van der Waals surface area contributed by atoms with Crippen LogP contribution in [0.4, 0.5) is 0 Å². The highest BCUT2D eigenvalue weighted by Crippen LogP contribution is 2.51. The summed E-state index contributed by atoms with van der Waals surface area (Å²) in [5.41, 5.74) is 10.5. The Morgan fingerprint density at radius 3 is 1.96 bits per heavy atom. The number of benzene rings is 3. The van der Waals surface area contributed by atoms with Crippen molar-refractivity contribution in [3.63, 3.8) is 0 Å². The van der Waals surface area contributed by atoms with Crippen LogP contribution in [-0.4, -0.2) is 23.7 Å². The molecule has 0 radical (unpaired) electrons. The number of fused-ring (bicyclic) bond motifs is 3. The molecule has 4 nitrogen and oxygen atoms in total. The van der Waals surface area contributed by atoms with E-state index in [4.69, 9.17) is 10.5 Å². The maximum Gasteiger partial charge on any atom is 0.322 e. The maximum atomic E-state index is 11.3. The summed E-state index contributed by atoms with van der Waals surface area (Å²) in [6, 6.07) is 25.3. The van der Waals surface area contributed by atoms with Gasteiger partial charge in [-0.3, -0.25) is 4.79 Å². The molecule has 0 aromatic heterocycles. The molecule has 0 heterocycles. The van der Waals surface area contributed by atoms with Crippen LogP contribution >= 0.6 is 0 Å². The minimum absolute atomic E-state index is 0.0646. The van der Waals surface area contributed by atoms with E-state index in [1.165, 1.54) is 0 Å². The van der Waals surface area contributed by atoms with Crippen molar-refractivity contribution in [3.8, 4) is 11.1 Å². The maximum absolute atomic E-state index is 11.3. The lowest BCUT2D eigenvalue weighted by atomic mass is 9.84. The van der Waals surface area contributed by atoms with E-state index in [1.807, 2.05) is 42.5 Å². The number of hydrogen-bond acceptors (Lipinski definition) is 3. The topological polar surface area (TPSA) is 72.5 Å². The van der Waals surface area contributed by atoms with Crippen molar-refractivity contribution >= 4 is 5.97 Å². The van der Waals surface area contributed by atoms with Gasteiger partial charge in [0.25, 0.3) is 0 Å². The largest absolute Gasteiger partial charge is 0.480 e. The predicted octanol–water partition coefficient (Wildman–Crippen LogP) is 3.58. The van der Waals surface area contributed by atoms with Crippen LogP contribution in [0.1, 0.15) is 16.7 Å². The van der Waals surface area contributed by atoms with Gasteiger partial charge >= 0.3 is 5.97 Å². The molecule has 0 spiro atoms. The van der Waals surface area contributed by atoms with Crippen molar-refractivity contribution in [2.45, 2.75) is 18.1 Å². The normalized spacial score (nSPS) is 15.0. The van der Waals surface area contributed by atoms with Gasteiger partial charge < -0.3 is 15.6 Å². The monoisotopic (exact) mass is 359 g/mol. The Labute approximate surface area is 158 Å². The molecular weight excluding hydrogens is 338 g/mol. The quantitative estimate of drug-likeness (QED) is 0.706. The van der Waals surface area contributed by atoms with E-state index in [-0.39, 0.29) is 6.61 Å². The summed E-state index contributed by atoms with van der Waals surface area (Å²) in [7, 11) is 0. The summed E-state index contributed by atoms with van der Waals surface area (Å²) in [5.74, 6) is -1.07. The summed E-state index contributed by atoms with van der Waals surface area (Å²) in [4.78, 5) is 11.3. The van der Waals surface area contributed by atoms with Crippen molar-refractivity contribution in [2.24, 2.45) is 5.73 Å². The molecule has 27 heavy (non-hydrogen) atoms. The van der Waals surface area contributed by atoms with Crippen molar-refractivity contribution in [2.75, 3.05) is 6.61 Å². The first kappa shape index (κ1) is 17.5. The van der Waals surface area contributed by atoms with E-state index in [2.05, 4.69) is 36.4 Å². The van der Waals surface area contributed by atoms with Gasteiger partial charge in [0.2, 0.25) is 0 Å². The summed E-state index contributed by atoms with van der Waals surface area (Å²) in [6.07, 6.45) is 0.605. The number of ether oxygens (including phenoxy) is 1. The van der Waals surface area contributed by atoms with Crippen LogP contribution in [0, 0.1) is 0 Å². The van der Waals surface area contributed by atoms with Crippen LogP contribution in [0.5, 0.6) is 0 Å². The Morgan fingerprint density at radius 2 is 1.41 bits per heavy atom. The number of carboxylic acids is 1. The molecule has 0 bridgehead atoms. The van der Waals surface area contributed by atoms with Crippen molar-refractivity contribution in [1.29, 1.82) is 0 Å². The van der Waals surface area contributed by atoms with Crippen LogP contribution in [0.15, 0.2) is 78.9 Å². The molecule has 136 valence electrons. The Balaban J connectivity index is 1.86. The SMILES string of the molecule is N[C@@H](COC1(Cc2ccccc2)c2ccccc2-c2ccccc21)C(=O)O. The number of hydrogen-bond donors (Lipinski definition) is 2. The molecule has 3 aromatic carbocycles. The fourth-order valence-electron chi connectivity index (χ4n) is 3.87. The molecule has 3 N–H and O–H groups in total. The van der Waals surface area contributed by atoms with E-state index in [0.29, 0.717) is 6.42 Å². The highest BCUT2D eigenvalue weighted by Gasteiger charge is 2.44. The van der Waals surface area contributed by atoms with E-state index >= 15 is 0 Å². The van der Waals surface area contributed by atoms with E-state index < -0.39 is 17.6 Å². The van der Waals surface area contributed by atoms with E-state index in [1.54, 1.807) is 0 Å². The van der Waals surface area contributed by atoms with Gasteiger partial charge in [0.15, 0.2) is 0 Å². The minimum Gasteiger partial charge on any atom is -0.480 e. The van der Waals surface area contributed by atoms with Crippen LogP contribution < -0.4 is 5.73 Å². The molecular formula is C23H21NO3. The minimum atomic E-state index is -1.07. The average Bonchev–Trinajstić information content (AvgIpc) is 2.98.